The number of carbonyl (C=O) groups is 2. The molecular weight excluding hydrogens is 468 g/mol. The molecule has 4 aliphatic rings. The molecule has 2 unspecified atom stereocenters. The van der Waals surface area contributed by atoms with Gasteiger partial charge < -0.3 is 4.90 Å². The highest BCUT2D eigenvalue weighted by Gasteiger charge is 2.76. The summed E-state index contributed by atoms with van der Waals surface area (Å²) in [4.78, 5) is 28.0. The summed E-state index contributed by atoms with van der Waals surface area (Å²) in [5, 5.41) is 0. The second-order valence-electron chi connectivity index (χ2n) is 11.0. The Bertz CT molecular complexity index is 1300. The predicted octanol–water partition coefficient (Wildman–Crippen LogP) is 7.84. The van der Waals surface area contributed by atoms with Gasteiger partial charge in [0, 0.05) is 35.1 Å². The van der Waals surface area contributed by atoms with Crippen molar-refractivity contribution in [2.45, 2.75) is 77.7 Å². The van der Waals surface area contributed by atoms with E-state index in [0.29, 0.717) is 23.5 Å². The Balaban J connectivity index is 0.00000137. The molecule has 1 aliphatic heterocycles. The molecule has 5 heteroatoms. The van der Waals surface area contributed by atoms with Gasteiger partial charge in [-0.1, -0.05) is 51.1 Å². The first-order valence-electron chi connectivity index (χ1n) is 13.6. The van der Waals surface area contributed by atoms with Crippen LogP contribution in [0.1, 0.15) is 86.7 Å². The third kappa shape index (κ3) is 4.36. The second-order valence-corrected chi connectivity index (χ2v) is 11.0. The zero-order valence-corrected chi connectivity index (χ0v) is 22.1. The van der Waals surface area contributed by atoms with Crippen molar-refractivity contribution in [3.63, 3.8) is 0 Å². The van der Waals surface area contributed by atoms with E-state index in [1.54, 1.807) is 11.1 Å². The highest BCUT2D eigenvalue weighted by molar-refractivity contribution is 6.04. The van der Waals surface area contributed by atoms with Crippen molar-refractivity contribution >= 4 is 17.3 Å². The number of hydrogen-bond donors (Lipinski definition) is 0. The van der Waals surface area contributed by atoms with Crippen LogP contribution in [0.3, 0.4) is 0 Å². The molecule has 3 saturated carbocycles. The van der Waals surface area contributed by atoms with Gasteiger partial charge in [0.15, 0.2) is 11.6 Å². The smallest absolute Gasteiger partial charge is 0.171 e. The molecule has 2 aromatic carbocycles. The summed E-state index contributed by atoms with van der Waals surface area (Å²) in [6, 6.07) is 9.48. The van der Waals surface area contributed by atoms with E-state index < -0.39 is 23.1 Å². The molecule has 2 spiro atoms. The van der Waals surface area contributed by atoms with Gasteiger partial charge in [0.2, 0.25) is 0 Å². The van der Waals surface area contributed by atoms with Crippen LogP contribution in [0.15, 0.2) is 60.3 Å². The zero-order valence-electron chi connectivity index (χ0n) is 22.1. The predicted molar refractivity (Wildman–Crippen MR) is 143 cm³/mol. The number of anilines is 1. The number of aryl methyl sites for hydroxylation is 1. The van der Waals surface area contributed by atoms with E-state index in [-0.39, 0.29) is 22.7 Å². The molecule has 2 atom stereocenters. The van der Waals surface area contributed by atoms with Gasteiger partial charge >= 0.3 is 0 Å². The fraction of sp³-hybridized carbons (Fsp3) is 0.438. The number of nitrogens with zero attached hydrogens (tertiary/aromatic N) is 1. The van der Waals surface area contributed by atoms with Crippen molar-refractivity contribution in [3.05, 3.63) is 88.6 Å². The minimum absolute atomic E-state index is 0.0573. The number of rotatable bonds is 7. The summed E-state index contributed by atoms with van der Waals surface area (Å²) >= 11 is 0. The lowest BCUT2D eigenvalue weighted by molar-refractivity contribution is -0.116. The highest BCUT2D eigenvalue weighted by Crippen LogP contribution is 2.77. The van der Waals surface area contributed by atoms with Crippen LogP contribution >= 0.6 is 0 Å². The number of fused-ring (bicyclic) bond motifs is 1. The average Bonchev–Trinajstić information content (AvgIpc) is 3.81. The first-order valence-corrected chi connectivity index (χ1v) is 13.6. The van der Waals surface area contributed by atoms with Crippen LogP contribution in [0.5, 0.6) is 0 Å². The lowest BCUT2D eigenvalue weighted by Crippen LogP contribution is -2.38. The van der Waals surface area contributed by atoms with Crippen molar-refractivity contribution in [1.29, 1.82) is 0 Å². The summed E-state index contributed by atoms with van der Waals surface area (Å²) in [5.41, 5.74) is 2.33. The average molecular weight is 504 g/mol. The molecule has 6 rings (SSSR count). The Morgan fingerprint density at radius 3 is 2.35 bits per heavy atom. The number of ketones is 2. The third-order valence-corrected chi connectivity index (χ3v) is 8.59. The van der Waals surface area contributed by atoms with Gasteiger partial charge in [-0.15, -0.1) is 0 Å². The second kappa shape index (κ2) is 9.34. The lowest BCUT2D eigenvalue weighted by Gasteiger charge is -2.34. The number of allylic oxidation sites excluding steroid dienone is 2. The SMILES string of the molecule is CC.Cc1ccc(C(=O)CC2CC2)cc1C(C)C(=O)C1=CN(c2c(F)cccc2F)C2(C=C1)CC21CC1. The summed E-state index contributed by atoms with van der Waals surface area (Å²) in [6.45, 7) is 7.78. The van der Waals surface area contributed by atoms with E-state index in [4.69, 9.17) is 0 Å². The molecule has 0 amide bonds. The molecular formula is C32H35F2NO2. The van der Waals surface area contributed by atoms with Gasteiger partial charge in [-0.25, -0.2) is 8.78 Å². The molecule has 0 radical (unpaired) electrons. The molecule has 0 saturated heterocycles. The molecule has 1 heterocycles. The van der Waals surface area contributed by atoms with Crippen LogP contribution in [0.4, 0.5) is 14.5 Å². The molecule has 37 heavy (non-hydrogen) atoms. The number of Topliss-reactive ketones (excluding diaryl/α,β-unsaturated/α-hetero) is 2. The summed E-state index contributed by atoms with van der Waals surface area (Å²) in [7, 11) is 0. The molecule has 0 N–H and O–H groups in total. The van der Waals surface area contributed by atoms with Crippen LogP contribution < -0.4 is 4.90 Å². The van der Waals surface area contributed by atoms with Crippen LogP contribution in [-0.2, 0) is 4.79 Å². The lowest BCUT2D eigenvalue weighted by atomic mass is 9.86. The maximum atomic E-state index is 14.8. The Morgan fingerprint density at radius 1 is 1.08 bits per heavy atom. The summed E-state index contributed by atoms with van der Waals surface area (Å²) in [6.07, 6.45) is 11.1. The van der Waals surface area contributed by atoms with Crippen LogP contribution in [0, 0.1) is 29.9 Å². The van der Waals surface area contributed by atoms with Crippen molar-refractivity contribution in [2.24, 2.45) is 11.3 Å². The quantitative estimate of drug-likeness (QED) is 0.361. The van der Waals surface area contributed by atoms with Crippen LogP contribution in [0.25, 0.3) is 0 Å². The minimum Gasteiger partial charge on any atom is -0.332 e. The first kappa shape index (κ1) is 25.6. The van der Waals surface area contributed by atoms with Crippen molar-refractivity contribution in [1.82, 2.24) is 0 Å². The number of benzene rings is 2. The number of hydrogen-bond acceptors (Lipinski definition) is 3. The fourth-order valence-electron chi connectivity index (χ4n) is 5.92. The monoisotopic (exact) mass is 503 g/mol. The van der Waals surface area contributed by atoms with Crippen LogP contribution in [0.2, 0.25) is 0 Å². The normalized spacial score (nSPS) is 23.3. The van der Waals surface area contributed by atoms with Crippen molar-refractivity contribution in [3.8, 4) is 0 Å². The Hall–Kier alpha value is -3.08. The van der Waals surface area contributed by atoms with E-state index in [1.165, 1.54) is 18.2 Å². The third-order valence-electron chi connectivity index (χ3n) is 8.59. The van der Waals surface area contributed by atoms with Crippen molar-refractivity contribution in [2.75, 3.05) is 4.90 Å². The topological polar surface area (TPSA) is 37.4 Å². The largest absolute Gasteiger partial charge is 0.332 e. The maximum Gasteiger partial charge on any atom is 0.171 e. The maximum absolute atomic E-state index is 14.8. The Morgan fingerprint density at radius 2 is 1.76 bits per heavy atom. The first-order chi connectivity index (χ1) is 17.7. The summed E-state index contributed by atoms with van der Waals surface area (Å²) in [5.74, 6) is -1.25. The van der Waals surface area contributed by atoms with Gasteiger partial charge in [0.1, 0.15) is 17.3 Å². The Labute approximate surface area is 218 Å². The molecule has 0 bridgehead atoms. The van der Waals surface area contributed by atoms with Gasteiger partial charge in [-0.2, -0.15) is 0 Å². The summed E-state index contributed by atoms with van der Waals surface area (Å²) < 4.78 is 29.7. The van der Waals surface area contributed by atoms with Gasteiger partial charge in [-0.3, -0.25) is 9.59 Å². The standard InChI is InChI=1S/C30H29F2NO2.C2H6/c1-18-6-9-21(26(34)14-20-7-8-20)15-23(18)19(2)28(35)22-10-11-30(17-29(30)12-13-29)33(16-22)27-24(31)4-3-5-25(27)32;1-2/h3-6,9-11,15-16,19-20H,7-8,12-14,17H2,1-2H3;1-2H3. The highest BCUT2D eigenvalue weighted by atomic mass is 19.1. The fourth-order valence-corrected chi connectivity index (χ4v) is 5.92. The molecule has 3 aliphatic carbocycles. The Kier molecular flexibility index (Phi) is 6.45. The van der Waals surface area contributed by atoms with Crippen molar-refractivity contribution < 1.29 is 18.4 Å². The van der Waals surface area contributed by atoms with E-state index in [9.17, 15) is 18.4 Å². The molecule has 2 aromatic rings. The van der Waals surface area contributed by atoms with E-state index in [2.05, 4.69) is 0 Å². The van der Waals surface area contributed by atoms with Gasteiger partial charge in [0.05, 0.1) is 5.54 Å². The van der Waals surface area contributed by atoms with E-state index in [0.717, 1.165) is 43.2 Å². The number of halogens is 2. The van der Waals surface area contributed by atoms with E-state index in [1.807, 2.05) is 58.0 Å². The van der Waals surface area contributed by atoms with Gasteiger partial charge in [0.25, 0.3) is 0 Å². The minimum atomic E-state index is -0.629. The molecule has 194 valence electrons. The molecule has 0 aromatic heterocycles. The van der Waals surface area contributed by atoms with E-state index >= 15 is 0 Å². The molecule has 3 nitrogen and oxygen atoms in total. The zero-order chi connectivity index (χ0) is 26.5. The number of carbonyl (C=O) groups excluding carboxylic acids is 2. The van der Waals surface area contributed by atoms with Crippen LogP contribution in [-0.4, -0.2) is 17.1 Å². The molecule has 3 fully saturated rings. The van der Waals surface area contributed by atoms with Gasteiger partial charge in [-0.05, 0) is 74.3 Å². The number of para-hydroxylation sites is 1.